The van der Waals surface area contributed by atoms with Crippen molar-refractivity contribution in [2.45, 2.75) is 145 Å². The number of allylic oxidation sites excluding steroid dienone is 2. The van der Waals surface area contributed by atoms with Gasteiger partial charge in [0.25, 0.3) is 0 Å². The van der Waals surface area contributed by atoms with Crippen molar-refractivity contribution in [1.29, 1.82) is 0 Å². The average Bonchev–Trinajstić information content (AvgIpc) is 3.17. The number of rotatable bonds is 6. The van der Waals surface area contributed by atoms with Crippen molar-refractivity contribution in [2.24, 2.45) is 45.3 Å². The van der Waals surface area contributed by atoms with Crippen molar-refractivity contribution in [3.05, 3.63) is 11.6 Å². The first-order chi connectivity index (χ1) is 17.9. The molecular formula is C34H56O5. The number of carbonyl (C=O) groups is 2. The van der Waals surface area contributed by atoms with Crippen LogP contribution in [-0.4, -0.2) is 34.9 Å². The summed E-state index contributed by atoms with van der Waals surface area (Å²) in [5, 5.41) is 11.9. The second-order valence-electron chi connectivity index (χ2n) is 15.7. The van der Waals surface area contributed by atoms with E-state index >= 15 is 0 Å². The number of esters is 2. The van der Waals surface area contributed by atoms with E-state index in [-0.39, 0.29) is 57.6 Å². The molecule has 0 bridgehead atoms. The molecule has 39 heavy (non-hydrogen) atoms. The van der Waals surface area contributed by atoms with Crippen LogP contribution in [0, 0.1) is 45.3 Å². The summed E-state index contributed by atoms with van der Waals surface area (Å²) in [7, 11) is 0. The number of carbonyl (C=O) groups excluding carboxylic acids is 2. The molecule has 0 aromatic carbocycles. The van der Waals surface area contributed by atoms with Crippen molar-refractivity contribution in [2.75, 3.05) is 0 Å². The van der Waals surface area contributed by atoms with E-state index in [9.17, 15) is 14.7 Å². The molecule has 1 N–H and O–H groups in total. The third kappa shape index (κ3) is 4.91. The molecule has 4 aliphatic carbocycles. The van der Waals surface area contributed by atoms with Gasteiger partial charge in [-0.05, 0) is 113 Å². The number of hydrogen-bond acceptors (Lipinski definition) is 5. The number of ether oxygens (including phenoxy) is 2. The zero-order chi connectivity index (χ0) is 29.2. The minimum atomic E-state index is -0.804. The van der Waals surface area contributed by atoms with E-state index in [1.54, 1.807) is 6.92 Å². The monoisotopic (exact) mass is 544 g/mol. The van der Waals surface area contributed by atoms with Crippen LogP contribution in [0.1, 0.15) is 127 Å². The molecule has 5 nitrogen and oxygen atoms in total. The van der Waals surface area contributed by atoms with Crippen LogP contribution >= 0.6 is 0 Å². The Morgan fingerprint density at radius 3 is 2.08 bits per heavy atom. The van der Waals surface area contributed by atoms with E-state index in [1.165, 1.54) is 12.5 Å². The van der Waals surface area contributed by atoms with E-state index < -0.39 is 5.60 Å². The Hall–Kier alpha value is -1.36. The Balaban J connectivity index is 1.72. The van der Waals surface area contributed by atoms with Crippen LogP contribution in [0.4, 0.5) is 0 Å². The van der Waals surface area contributed by atoms with E-state index in [1.807, 2.05) is 6.92 Å². The first kappa shape index (κ1) is 30.6. The lowest BCUT2D eigenvalue weighted by atomic mass is 9.35. The first-order valence-corrected chi connectivity index (χ1v) is 15.6. The molecule has 5 heteroatoms. The van der Waals surface area contributed by atoms with Crippen LogP contribution in [0.15, 0.2) is 11.6 Å². The fourth-order valence-corrected chi connectivity index (χ4v) is 11.0. The molecule has 4 rings (SSSR count). The van der Waals surface area contributed by atoms with Gasteiger partial charge >= 0.3 is 11.9 Å². The maximum atomic E-state index is 12.5. The number of aliphatic hydroxyl groups is 1. The fourth-order valence-electron chi connectivity index (χ4n) is 11.0. The normalized spacial score (nSPS) is 44.2. The molecule has 0 saturated heterocycles. The van der Waals surface area contributed by atoms with Gasteiger partial charge in [0.05, 0.1) is 5.60 Å². The summed E-state index contributed by atoms with van der Waals surface area (Å²) in [6.07, 6.45) is 10.6. The summed E-state index contributed by atoms with van der Waals surface area (Å²) in [6.45, 7) is 21.4. The summed E-state index contributed by atoms with van der Waals surface area (Å²) in [4.78, 5) is 24.5. The van der Waals surface area contributed by atoms with Crippen LogP contribution in [0.5, 0.6) is 0 Å². The van der Waals surface area contributed by atoms with Crippen molar-refractivity contribution < 1.29 is 24.2 Å². The summed E-state index contributed by atoms with van der Waals surface area (Å²) in [6, 6.07) is 0. The fraction of sp³-hybridized carbons (Fsp3) is 0.882. The molecule has 0 radical (unpaired) electrons. The summed E-state index contributed by atoms with van der Waals surface area (Å²) >= 11 is 0. The Kier molecular flexibility index (Phi) is 7.98. The Labute approximate surface area is 237 Å². The topological polar surface area (TPSA) is 72.8 Å². The van der Waals surface area contributed by atoms with E-state index in [2.05, 4.69) is 54.5 Å². The molecule has 0 amide bonds. The zero-order valence-electron chi connectivity index (χ0n) is 26.5. The Morgan fingerprint density at radius 1 is 0.872 bits per heavy atom. The van der Waals surface area contributed by atoms with E-state index in [0.29, 0.717) is 11.8 Å². The zero-order valence-corrected chi connectivity index (χ0v) is 26.5. The predicted molar refractivity (Wildman–Crippen MR) is 155 cm³/mol. The van der Waals surface area contributed by atoms with E-state index in [4.69, 9.17) is 9.47 Å². The summed E-state index contributed by atoms with van der Waals surface area (Å²) < 4.78 is 12.1. The minimum Gasteiger partial charge on any atom is -0.462 e. The molecule has 4 fully saturated rings. The number of fused-ring (bicyclic) bond motifs is 5. The van der Waals surface area contributed by atoms with Gasteiger partial charge in [0.2, 0.25) is 0 Å². The molecule has 222 valence electrons. The highest BCUT2D eigenvalue weighted by Crippen LogP contribution is 2.76. The van der Waals surface area contributed by atoms with Crippen LogP contribution in [0.2, 0.25) is 0 Å². The van der Waals surface area contributed by atoms with Crippen molar-refractivity contribution in [3.63, 3.8) is 0 Å². The molecule has 0 aromatic heterocycles. The van der Waals surface area contributed by atoms with Gasteiger partial charge in [-0.1, -0.05) is 46.3 Å². The SMILES string of the molecule is CC(=O)OC1CC2C3(C)CC[C@@H](OC(C)=O)C(C)(C)C3CCC2(C)C2(C)CCC(C(C)(O)CCC=C(C)C)C12. The van der Waals surface area contributed by atoms with Crippen molar-refractivity contribution in [3.8, 4) is 0 Å². The van der Waals surface area contributed by atoms with Crippen molar-refractivity contribution in [1.82, 2.24) is 0 Å². The maximum absolute atomic E-state index is 12.5. The predicted octanol–water partition coefficient (Wildman–Crippen LogP) is 7.64. The van der Waals surface area contributed by atoms with Gasteiger partial charge in [-0.2, -0.15) is 0 Å². The molecule has 9 unspecified atom stereocenters. The molecule has 4 saturated carbocycles. The number of hydrogen-bond donors (Lipinski definition) is 1. The van der Waals surface area contributed by atoms with Gasteiger partial charge in [0, 0.05) is 25.2 Å². The molecule has 0 aromatic rings. The highest BCUT2D eigenvalue weighted by atomic mass is 16.5. The third-order valence-electron chi connectivity index (χ3n) is 12.9. The van der Waals surface area contributed by atoms with Gasteiger partial charge in [0.15, 0.2) is 0 Å². The van der Waals surface area contributed by atoms with Crippen LogP contribution < -0.4 is 0 Å². The third-order valence-corrected chi connectivity index (χ3v) is 12.9. The largest absolute Gasteiger partial charge is 0.462 e. The summed E-state index contributed by atoms with van der Waals surface area (Å²) in [5.41, 5.74) is 0.511. The lowest BCUT2D eigenvalue weighted by Gasteiger charge is -2.70. The molecule has 0 heterocycles. The first-order valence-electron chi connectivity index (χ1n) is 15.6. The maximum Gasteiger partial charge on any atom is 0.302 e. The molecule has 0 aliphatic heterocycles. The molecule has 10 atom stereocenters. The highest BCUT2D eigenvalue weighted by molar-refractivity contribution is 5.66. The van der Waals surface area contributed by atoms with Gasteiger partial charge in [-0.25, -0.2) is 0 Å². The van der Waals surface area contributed by atoms with Crippen molar-refractivity contribution >= 4 is 11.9 Å². The Bertz CT molecular complexity index is 992. The van der Waals surface area contributed by atoms with Crippen LogP contribution in [0.3, 0.4) is 0 Å². The molecular weight excluding hydrogens is 488 g/mol. The second kappa shape index (κ2) is 10.2. The minimum absolute atomic E-state index is 0.0218. The smallest absolute Gasteiger partial charge is 0.302 e. The van der Waals surface area contributed by atoms with Crippen LogP contribution in [0.25, 0.3) is 0 Å². The van der Waals surface area contributed by atoms with Gasteiger partial charge < -0.3 is 14.6 Å². The second-order valence-corrected chi connectivity index (χ2v) is 15.7. The van der Waals surface area contributed by atoms with Crippen LogP contribution in [-0.2, 0) is 19.1 Å². The lowest BCUT2D eigenvalue weighted by Crippen LogP contribution is -2.67. The Morgan fingerprint density at radius 2 is 1.49 bits per heavy atom. The lowest BCUT2D eigenvalue weighted by molar-refractivity contribution is -0.252. The van der Waals surface area contributed by atoms with Gasteiger partial charge in [0.1, 0.15) is 12.2 Å². The molecule has 4 aliphatic rings. The quantitative estimate of drug-likeness (QED) is 0.275. The average molecular weight is 545 g/mol. The molecule has 0 spiro atoms. The highest BCUT2D eigenvalue weighted by Gasteiger charge is 2.72. The summed E-state index contributed by atoms with van der Waals surface area (Å²) in [5.74, 6) is 0.697. The standard InChI is InChI=1S/C34H56O5/c1-21(2)12-11-16-34(10,37)24-13-18-33(9)29(24)25(38-22(3)35)20-27-31(7)17-15-28(39-23(4)36)30(5,6)26(31)14-19-32(27,33)8/h12,24-29,37H,11,13-20H2,1-10H3/t24?,25?,26?,27?,28-,29?,31?,32?,33?,34?/m1/s1. The van der Waals surface area contributed by atoms with E-state index in [0.717, 1.165) is 57.8 Å². The van der Waals surface area contributed by atoms with Gasteiger partial charge in [-0.15, -0.1) is 0 Å². The van der Waals surface area contributed by atoms with Gasteiger partial charge in [-0.3, -0.25) is 9.59 Å².